The minimum absolute atomic E-state index is 0.780. The summed E-state index contributed by atoms with van der Waals surface area (Å²) in [6.45, 7) is 3.58. The standard InChI is InChI=1S/C13H16N6/c1-9-12-3-10(6-15-13(12)19(2)18-9)4-14-5-11-7-16-17-8-11/h3,6-8,14H,4-5H2,1-2H3,(H,16,17). The third-order valence-electron chi connectivity index (χ3n) is 3.13. The van der Waals surface area contributed by atoms with E-state index >= 15 is 0 Å². The summed E-state index contributed by atoms with van der Waals surface area (Å²) in [6.07, 6.45) is 5.60. The Hall–Kier alpha value is -2.21. The lowest BCUT2D eigenvalue weighted by atomic mass is 10.2. The summed E-state index contributed by atoms with van der Waals surface area (Å²) < 4.78 is 1.81. The van der Waals surface area contributed by atoms with Crippen LogP contribution >= 0.6 is 0 Å². The first-order valence-electron chi connectivity index (χ1n) is 6.20. The molecule has 2 N–H and O–H groups in total. The van der Waals surface area contributed by atoms with E-state index in [9.17, 15) is 0 Å². The van der Waals surface area contributed by atoms with E-state index in [0.29, 0.717) is 0 Å². The molecule has 0 aliphatic carbocycles. The van der Waals surface area contributed by atoms with E-state index in [-0.39, 0.29) is 0 Å². The average Bonchev–Trinajstić information content (AvgIpc) is 3.00. The van der Waals surface area contributed by atoms with Gasteiger partial charge < -0.3 is 5.32 Å². The SMILES string of the molecule is Cc1nn(C)c2ncc(CNCc3cn[nH]c3)cc12. The Morgan fingerprint density at radius 2 is 2.11 bits per heavy atom. The number of nitrogens with zero attached hydrogens (tertiary/aromatic N) is 4. The number of nitrogens with one attached hydrogen (secondary N) is 2. The van der Waals surface area contributed by atoms with Crippen molar-refractivity contribution in [3.63, 3.8) is 0 Å². The Kier molecular flexibility index (Phi) is 3.00. The number of fused-ring (bicyclic) bond motifs is 1. The van der Waals surface area contributed by atoms with Crippen molar-refractivity contribution in [2.24, 2.45) is 7.05 Å². The van der Waals surface area contributed by atoms with E-state index in [1.807, 2.05) is 37.2 Å². The molecule has 0 bridgehead atoms. The van der Waals surface area contributed by atoms with Crippen LogP contribution in [0.15, 0.2) is 24.7 Å². The number of aromatic nitrogens is 5. The number of hydrogen-bond acceptors (Lipinski definition) is 4. The molecule has 0 saturated carbocycles. The van der Waals surface area contributed by atoms with Gasteiger partial charge in [0.2, 0.25) is 0 Å². The first-order valence-corrected chi connectivity index (χ1v) is 6.20. The van der Waals surface area contributed by atoms with Gasteiger partial charge in [-0.3, -0.25) is 9.78 Å². The van der Waals surface area contributed by atoms with Gasteiger partial charge in [-0.1, -0.05) is 0 Å². The van der Waals surface area contributed by atoms with Crippen LogP contribution in [0, 0.1) is 6.92 Å². The first-order chi connectivity index (χ1) is 9.24. The van der Waals surface area contributed by atoms with Gasteiger partial charge in [0.15, 0.2) is 5.65 Å². The number of aryl methyl sites for hydroxylation is 2. The molecular weight excluding hydrogens is 240 g/mol. The molecule has 3 aromatic heterocycles. The van der Waals surface area contributed by atoms with Crippen LogP contribution in [0.2, 0.25) is 0 Å². The van der Waals surface area contributed by atoms with Gasteiger partial charge in [0.05, 0.1) is 11.9 Å². The highest BCUT2D eigenvalue weighted by atomic mass is 15.3. The number of pyridine rings is 1. The largest absolute Gasteiger partial charge is 0.308 e. The average molecular weight is 256 g/mol. The quantitative estimate of drug-likeness (QED) is 0.738. The minimum atomic E-state index is 0.780. The summed E-state index contributed by atoms with van der Waals surface area (Å²) in [6, 6.07) is 2.15. The second kappa shape index (κ2) is 4.81. The molecule has 0 aliphatic heterocycles. The maximum Gasteiger partial charge on any atom is 0.157 e. The van der Waals surface area contributed by atoms with Crippen LogP contribution in [0.4, 0.5) is 0 Å². The number of H-pyrrole nitrogens is 1. The number of rotatable bonds is 4. The fourth-order valence-corrected chi connectivity index (χ4v) is 2.17. The van der Waals surface area contributed by atoms with Crippen molar-refractivity contribution < 1.29 is 0 Å². The smallest absolute Gasteiger partial charge is 0.157 e. The Morgan fingerprint density at radius 1 is 1.26 bits per heavy atom. The summed E-state index contributed by atoms with van der Waals surface area (Å²) in [5.74, 6) is 0. The van der Waals surface area contributed by atoms with E-state index in [4.69, 9.17) is 0 Å². The summed E-state index contributed by atoms with van der Waals surface area (Å²) in [5.41, 5.74) is 4.25. The molecule has 0 aromatic carbocycles. The lowest BCUT2D eigenvalue weighted by molar-refractivity contribution is 0.692. The van der Waals surface area contributed by atoms with Crippen LogP contribution in [0.5, 0.6) is 0 Å². The van der Waals surface area contributed by atoms with Crippen molar-refractivity contribution in [2.75, 3.05) is 0 Å². The Bertz CT molecular complexity index is 683. The van der Waals surface area contributed by atoms with Crippen molar-refractivity contribution in [3.8, 4) is 0 Å². The molecule has 0 atom stereocenters. The topological polar surface area (TPSA) is 71.4 Å². The van der Waals surface area contributed by atoms with Crippen molar-refractivity contribution in [1.29, 1.82) is 0 Å². The predicted molar refractivity (Wildman–Crippen MR) is 72.4 cm³/mol. The molecule has 6 nitrogen and oxygen atoms in total. The van der Waals surface area contributed by atoms with Crippen molar-refractivity contribution in [1.82, 2.24) is 30.3 Å². The van der Waals surface area contributed by atoms with Crippen molar-refractivity contribution >= 4 is 11.0 Å². The third kappa shape index (κ3) is 2.34. The van der Waals surface area contributed by atoms with Crippen molar-refractivity contribution in [3.05, 3.63) is 41.5 Å². The normalized spacial score (nSPS) is 11.3. The van der Waals surface area contributed by atoms with Gasteiger partial charge in [0.1, 0.15) is 0 Å². The van der Waals surface area contributed by atoms with Gasteiger partial charge >= 0.3 is 0 Å². The maximum atomic E-state index is 4.46. The molecule has 6 heteroatoms. The monoisotopic (exact) mass is 256 g/mol. The molecule has 0 spiro atoms. The maximum absolute atomic E-state index is 4.46. The van der Waals surface area contributed by atoms with Gasteiger partial charge in [-0.25, -0.2) is 4.98 Å². The van der Waals surface area contributed by atoms with Crippen molar-refractivity contribution in [2.45, 2.75) is 20.0 Å². The summed E-state index contributed by atoms with van der Waals surface area (Å²) in [4.78, 5) is 4.46. The van der Waals surface area contributed by atoms with Crippen LogP contribution in [0.25, 0.3) is 11.0 Å². The molecule has 0 amide bonds. The number of aromatic amines is 1. The molecule has 0 aliphatic rings. The Morgan fingerprint density at radius 3 is 2.89 bits per heavy atom. The zero-order chi connectivity index (χ0) is 13.2. The summed E-state index contributed by atoms with van der Waals surface area (Å²) >= 11 is 0. The summed E-state index contributed by atoms with van der Waals surface area (Å²) in [7, 11) is 1.92. The van der Waals surface area contributed by atoms with Crippen LogP contribution in [0.1, 0.15) is 16.8 Å². The Balaban J connectivity index is 1.73. The molecule has 3 heterocycles. The van der Waals surface area contributed by atoms with Gasteiger partial charge in [-0.15, -0.1) is 0 Å². The van der Waals surface area contributed by atoms with Gasteiger partial charge in [-0.05, 0) is 18.6 Å². The lowest BCUT2D eigenvalue weighted by Gasteiger charge is -2.03. The highest BCUT2D eigenvalue weighted by Gasteiger charge is 2.06. The first kappa shape index (κ1) is 11.9. The van der Waals surface area contributed by atoms with E-state index in [1.54, 1.807) is 0 Å². The number of hydrogen-bond donors (Lipinski definition) is 2. The van der Waals surface area contributed by atoms with Gasteiger partial charge in [0, 0.05) is 43.5 Å². The molecule has 0 saturated heterocycles. The van der Waals surface area contributed by atoms with Crippen LogP contribution < -0.4 is 5.32 Å². The minimum Gasteiger partial charge on any atom is -0.308 e. The molecule has 19 heavy (non-hydrogen) atoms. The van der Waals surface area contributed by atoms with E-state index in [0.717, 1.165) is 40.9 Å². The molecule has 0 radical (unpaired) electrons. The molecule has 0 fully saturated rings. The van der Waals surface area contributed by atoms with E-state index in [1.165, 1.54) is 0 Å². The fraction of sp³-hybridized carbons (Fsp3) is 0.308. The molecular formula is C13H16N6. The van der Waals surface area contributed by atoms with E-state index < -0.39 is 0 Å². The molecule has 0 unspecified atom stereocenters. The van der Waals surface area contributed by atoms with E-state index in [2.05, 4.69) is 31.7 Å². The third-order valence-corrected chi connectivity index (χ3v) is 3.13. The lowest BCUT2D eigenvalue weighted by Crippen LogP contribution is -2.12. The predicted octanol–water partition coefficient (Wildman–Crippen LogP) is 1.29. The highest BCUT2D eigenvalue weighted by Crippen LogP contribution is 2.16. The zero-order valence-electron chi connectivity index (χ0n) is 11.0. The molecule has 98 valence electrons. The zero-order valence-corrected chi connectivity index (χ0v) is 11.0. The highest BCUT2D eigenvalue weighted by molar-refractivity contribution is 5.78. The second-order valence-corrected chi connectivity index (χ2v) is 4.63. The van der Waals surface area contributed by atoms with Crippen LogP contribution in [-0.4, -0.2) is 25.0 Å². The van der Waals surface area contributed by atoms with Crippen LogP contribution in [0.3, 0.4) is 0 Å². The molecule has 3 aromatic rings. The fourth-order valence-electron chi connectivity index (χ4n) is 2.17. The second-order valence-electron chi connectivity index (χ2n) is 4.63. The summed E-state index contributed by atoms with van der Waals surface area (Å²) in [5, 5.41) is 15.6. The molecule has 3 rings (SSSR count). The van der Waals surface area contributed by atoms with Gasteiger partial charge in [-0.2, -0.15) is 10.2 Å². The van der Waals surface area contributed by atoms with Crippen LogP contribution in [-0.2, 0) is 20.1 Å². The Labute approximate surface area is 110 Å². The van der Waals surface area contributed by atoms with Gasteiger partial charge in [0.25, 0.3) is 0 Å².